The average Bonchev–Trinajstić information content (AvgIpc) is 2.66. The molecule has 2 aliphatic heterocycles. The molecule has 9 heteroatoms. The molecule has 26 heavy (non-hydrogen) atoms. The molecule has 0 unspecified atom stereocenters. The summed E-state index contributed by atoms with van der Waals surface area (Å²) in [4.78, 5) is 25.8. The predicted octanol–water partition coefficient (Wildman–Crippen LogP) is 0.328. The van der Waals surface area contributed by atoms with E-state index in [-0.39, 0.29) is 30.0 Å². The Morgan fingerprint density at radius 1 is 1.23 bits per heavy atom. The Bertz CT molecular complexity index is 802. The maximum absolute atomic E-state index is 12.9. The first-order valence-corrected chi connectivity index (χ1v) is 10.3. The minimum absolute atomic E-state index is 0.0538. The van der Waals surface area contributed by atoms with Gasteiger partial charge in [0, 0.05) is 19.0 Å². The molecule has 0 aliphatic carbocycles. The van der Waals surface area contributed by atoms with Crippen molar-refractivity contribution in [1.82, 2.24) is 4.90 Å². The Kier molecular flexibility index (Phi) is 5.08. The molecular weight excluding hydrogens is 358 g/mol. The summed E-state index contributed by atoms with van der Waals surface area (Å²) in [6.45, 7) is 2.34. The number of ether oxygens (including phenoxy) is 1. The van der Waals surface area contributed by atoms with E-state index in [2.05, 4.69) is 0 Å². The zero-order chi connectivity index (χ0) is 18.9. The van der Waals surface area contributed by atoms with Gasteiger partial charge >= 0.3 is 0 Å². The molecule has 0 aromatic heterocycles. The van der Waals surface area contributed by atoms with Crippen LogP contribution in [0, 0.1) is 5.92 Å². The maximum Gasteiger partial charge on any atom is 0.265 e. The van der Waals surface area contributed by atoms with Crippen LogP contribution in [0.5, 0.6) is 5.75 Å². The summed E-state index contributed by atoms with van der Waals surface area (Å²) in [6.07, 6.45) is 0.124. The van der Waals surface area contributed by atoms with Gasteiger partial charge in [-0.15, -0.1) is 0 Å². The standard InChI is InChI=1S/C17H23N3O5S/c1-2-26(23,24)20-11-15(25-14-6-4-3-5-13(14)20)17(22)19-9-7-12(8-10-19)16(18)21/h3-6,12,15H,2,7-11H2,1H3,(H2,18,21)/t15-/m1/s1. The number of anilines is 1. The van der Waals surface area contributed by atoms with Gasteiger partial charge in [0.05, 0.1) is 18.0 Å². The Morgan fingerprint density at radius 2 is 1.88 bits per heavy atom. The number of piperidine rings is 1. The molecule has 0 radical (unpaired) electrons. The van der Waals surface area contributed by atoms with Gasteiger partial charge in [-0.05, 0) is 31.9 Å². The number of likely N-dealkylation sites (tertiary alicyclic amines) is 1. The lowest BCUT2D eigenvalue weighted by molar-refractivity contribution is -0.141. The highest BCUT2D eigenvalue weighted by atomic mass is 32.2. The number of nitrogens with zero attached hydrogens (tertiary/aromatic N) is 2. The Labute approximate surface area is 152 Å². The van der Waals surface area contributed by atoms with Gasteiger partial charge in [-0.1, -0.05) is 12.1 Å². The van der Waals surface area contributed by atoms with E-state index >= 15 is 0 Å². The second-order valence-corrected chi connectivity index (χ2v) is 8.69. The van der Waals surface area contributed by atoms with Crippen molar-refractivity contribution in [2.45, 2.75) is 25.9 Å². The van der Waals surface area contributed by atoms with Gasteiger partial charge in [0.15, 0.2) is 6.10 Å². The van der Waals surface area contributed by atoms with Gasteiger partial charge in [-0.25, -0.2) is 8.42 Å². The predicted molar refractivity (Wildman–Crippen MR) is 96.2 cm³/mol. The molecule has 2 amide bonds. The van der Waals surface area contributed by atoms with Crippen molar-refractivity contribution in [3.63, 3.8) is 0 Å². The van der Waals surface area contributed by atoms with Crippen LogP contribution in [0.1, 0.15) is 19.8 Å². The first-order chi connectivity index (χ1) is 12.3. The second-order valence-electron chi connectivity index (χ2n) is 6.51. The van der Waals surface area contributed by atoms with Crippen LogP contribution in [-0.2, 0) is 19.6 Å². The van der Waals surface area contributed by atoms with Gasteiger partial charge in [-0.2, -0.15) is 0 Å². The first-order valence-electron chi connectivity index (χ1n) is 8.67. The molecular formula is C17H23N3O5S. The normalized spacial score (nSPS) is 21.0. The fourth-order valence-electron chi connectivity index (χ4n) is 3.34. The number of carbonyl (C=O) groups is 2. The first kappa shape index (κ1) is 18.5. The summed E-state index contributed by atoms with van der Waals surface area (Å²) in [5.41, 5.74) is 5.78. The number of amides is 2. The highest BCUT2D eigenvalue weighted by Crippen LogP contribution is 2.35. The van der Waals surface area contributed by atoms with Crippen molar-refractivity contribution < 1.29 is 22.7 Å². The van der Waals surface area contributed by atoms with E-state index in [4.69, 9.17) is 10.5 Å². The third kappa shape index (κ3) is 3.48. The number of primary amides is 1. The fraction of sp³-hybridized carbons (Fsp3) is 0.529. The number of fused-ring (bicyclic) bond motifs is 1. The van der Waals surface area contributed by atoms with Crippen LogP contribution in [0.15, 0.2) is 24.3 Å². The lowest BCUT2D eigenvalue weighted by Crippen LogP contribution is -2.53. The van der Waals surface area contributed by atoms with Crippen LogP contribution in [0.2, 0.25) is 0 Å². The van der Waals surface area contributed by atoms with Crippen molar-refractivity contribution >= 4 is 27.5 Å². The van der Waals surface area contributed by atoms with Gasteiger partial charge in [0.2, 0.25) is 15.9 Å². The molecule has 0 bridgehead atoms. The molecule has 0 spiro atoms. The number of para-hydroxylation sites is 2. The Hall–Kier alpha value is -2.29. The minimum Gasteiger partial charge on any atom is -0.476 e. The van der Waals surface area contributed by atoms with E-state index in [1.54, 1.807) is 36.1 Å². The molecule has 3 rings (SSSR count). The number of hydrogen-bond acceptors (Lipinski definition) is 5. The molecule has 2 heterocycles. The van der Waals surface area contributed by atoms with Gasteiger partial charge in [0.1, 0.15) is 5.75 Å². The van der Waals surface area contributed by atoms with Crippen molar-refractivity contribution in [2.75, 3.05) is 29.7 Å². The number of rotatable bonds is 4. The van der Waals surface area contributed by atoms with Crippen molar-refractivity contribution in [1.29, 1.82) is 0 Å². The topological polar surface area (TPSA) is 110 Å². The van der Waals surface area contributed by atoms with Crippen LogP contribution in [0.4, 0.5) is 5.69 Å². The summed E-state index contributed by atoms with van der Waals surface area (Å²) in [6, 6.07) is 6.80. The zero-order valence-corrected chi connectivity index (χ0v) is 15.4. The Balaban J connectivity index is 1.79. The van der Waals surface area contributed by atoms with Gasteiger partial charge in [-0.3, -0.25) is 13.9 Å². The monoisotopic (exact) mass is 381 g/mol. The molecule has 8 nitrogen and oxygen atoms in total. The molecule has 1 atom stereocenters. The van der Waals surface area contributed by atoms with Crippen molar-refractivity contribution in [3.8, 4) is 5.75 Å². The SMILES string of the molecule is CCS(=O)(=O)N1C[C@H](C(=O)N2CCC(C(N)=O)CC2)Oc2ccccc21. The quantitative estimate of drug-likeness (QED) is 0.808. The van der Waals surface area contributed by atoms with Crippen LogP contribution >= 0.6 is 0 Å². The van der Waals surface area contributed by atoms with E-state index in [0.29, 0.717) is 37.4 Å². The van der Waals surface area contributed by atoms with Crippen LogP contribution in [-0.4, -0.2) is 56.6 Å². The van der Waals surface area contributed by atoms with Gasteiger partial charge in [0.25, 0.3) is 5.91 Å². The van der Waals surface area contributed by atoms with E-state index in [1.807, 2.05) is 0 Å². The lowest BCUT2D eigenvalue weighted by atomic mass is 9.96. The van der Waals surface area contributed by atoms with E-state index < -0.39 is 16.1 Å². The molecule has 1 aromatic rings. The summed E-state index contributed by atoms with van der Waals surface area (Å²) in [7, 11) is -3.53. The van der Waals surface area contributed by atoms with Gasteiger partial charge < -0.3 is 15.4 Å². The highest BCUT2D eigenvalue weighted by Gasteiger charge is 2.38. The number of hydrogen-bond donors (Lipinski definition) is 1. The third-order valence-corrected chi connectivity index (χ3v) is 6.67. The van der Waals surface area contributed by atoms with Crippen LogP contribution in [0.3, 0.4) is 0 Å². The lowest BCUT2D eigenvalue weighted by Gasteiger charge is -2.38. The maximum atomic E-state index is 12.9. The summed E-state index contributed by atoms with van der Waals surface area (Å²) in [5.74, 6) is -0.518. The number of carbonyl (C=O) groups excluding carboxylic acids is 2. The number of benzene rings is 1. The smallest absolute Gasteiger partial charge is 0.265 e. The largest absolute Gasteiger partial charge is 0.476 e. The van der Waals surface area contributed by atoms with Crippen LogP contribution < -0.4 is 14.8 Å². The molecule has 142 valence electrons. The summed E-state index contributed by atoms with van der Waals surface area (Å²) >= 11 is 0. The van der Waals surface area contributed by atoms with E-state index in [9.17, 15) is 18.0 Å². The molecule has 1 aromatic carbocycles. The second kappa shape index (κ2) is 7.14. The molecule has 2 aliphatic rings. The molecule has 1 fully saturated rings. The summed E-state index contributed by atoms with van der Waals surface area (Å²) in [5, 5.41) is 0. The molecule has 1 saturated heterocycles. The number of nitrogens with two attached hydrogens (primary N) is 1. The van der Waals surface area contributed by atoms with E-state index in [1.165, 1.54) is 4.31 Å². The van der Waals surface area contributed by atoms with Crippen molar-refractivity contribution in [3.05, 3.63) is 24.3 Å². The number of sulfonamides is 1. The summed E-state index contributed by atoms with van der Waals surface area (Å²) < 4.78 is 32.0. The average molecular weight is 381 g/mol. The highest BCUT2D eigenvalue weighted by molar-refractivity contribution is 7.92. The van der Waals surface area contributed by atoms with Crippen molar-refractivity contribution in [2.24, 2.45) is 11.7 Å². The zero-order valence-electron chi connectivity index (χ0n) is 14.6. The third-order valence-electron chi connectivity index (χ3n) is 4.92. The molecule has 2 N–H and O–H groups in total. The van der Waals surface area contributed by atoms with Crippen LogP contribution in [0.25, 0.3) is 0 Å². The Morgan fingerprint density at radius 3 is 2.50 bits per heavy atom. The molecule has 0 saturated carbocycles. The minimum atomic E-state index is -3.53. The van der Waals surface area contributed by atoms with E-state index in [0.717, 1.165) is 0 Å². The fourth-order valence-corrected chi connectivity index (χ4v) is 4.46.